The summed E-state index contributed by atoms with van der Waals surface area (Å²) >= 11 is 0. The van der Waals surface area contributed by atoms with Crippen molar-refractivity contribution in [1.29, 1.82) is 0 Å². The van der Waals surface area contributed by atoms with Crippen molar-refractivity contribution in [2.75, 3.05) is 26.5 Å². The minimum absolute atomic E-state index is 0.0414. The number of benzene rings is 1. The second kappa shape index (κ2) is 21.9. The molecule has 0 aromatic heterocycles. The average molecular weight is 946 g/mol. The van der Waals surface area contributed by atoms with E-state index in [0.29, 0.717) is 12.1 Å². The van der Waals surface area contributed by atoms with Gasteiger partial charge in [-0.3, -0.25) is 9.59 Å². The zero-order chi connectivity index (χ0) is 49.1. The van der Waals surface area contributed by atoms with Crippen LogP contribution >= 0.6 is 0 Å². The fourth-order valence-corrected chi connectivity index (χ4v) is 11.5. The first-order valence-corrected chi connectivity index (χ1v) is 24.5. The second-order valence-electron chi connectivity index (χ2n) is 19.8. The Kier molecular flexibility index (Phi) is 18.6. The Labute approximate surface area is 386 Å². The van der Waals surface area contributed by atoms with Crippen molar-refractivity contribution in [3.63, 3.8) is 0 Å². The number of cyclic esters (lactones) is 1. The van der Waals surface area contributed by atoms with Gasteiger partial charge in [-0.1, -0.05) is 34.6 Å². The molecule has 0 spiro atoms. The normalized spacial score (nSPS) is 42.8. The molecule has 0 bridgehead atoms. The lowest BCUT2D eigenvalue weighted by Gasteiger charge is -2.49. The number of anilines is 1. The Hall–Kier alpha value is -2.37. The van der Waals surface area contributed by atoms with Gasteiger partial charge in [-0.2, -0.15) is 0 Å². The summed E-state index contributed by atoms with van der Waals surface area (Å²) in [7, 11) is 0.739. The van der Waals surface area contributed by atoms with Crippen LogP contribution < -0.4 is 10.0 Å². The van der Waals surface area contributed by atoms with Crippen LogP contribution in [0.2, 0.25) is 0 Å². The Balaban J connectivity index is 1.89. The molecule has 7 N–H and O–H groups in total. The number of aliphatic hydroxyl groups excluding tert-OH is 3. The Morgan fingerprint density at radius 3 is 2.08 bits per heavy atom. The van der Waals surface area contributed by atoms with Crippen molar-refractivity contribution >= 4 is 27.6 Å². The maximum atomic E-state index is 14.5. The molecule has 0 saturated carbocycles. The molecular formula is C46H79N3O15S. The molecule has 1 aromatic rings. The van der Waals surface area contributed by atoms with E-state index >= 15 is 0 Å². The first kappa shape index (κ1) is 55.2. The van der Waals surface area contributed by atoms with Gasteiger partial charge in [0.2, 0.25) is 15.9 Å². The molecule has 374 valence electrons. The number of esters is 1. The molecule has 2 unspecified atom stereocenters. The number of methoxy groups -OCH3 is 1. The molecule has 3 aliphatic rings. The van der Waals surface area contributed by atoms with Gasteiger partial charge in [-0.25, -0.2) is 13.1 Å². The molecule has 65 heavy (non-hydrogen) atoms. The van der Waals surface area contributed by atoms with E-state index in [1.165, 1.54) is 45.2 Å². The lowest BCUT2D eigenvalue weighted by atomic mass is 9.72. The van der Waals surface area contributed by atoms with E-state index in [1.807, 2.05) is 25.9 Å². The van der Waals surface area contributed by atoms with Crippen molar-refractivity contribution in [1.82, 2.24) is 9.62 Å². The topological polar surface area (TPSA) is 252 Å². The zero-order valence-corrected chi connectivity index (χ0v) is 41.6. The summed E-state index contributed by atoms with van der Waals surface area (Å²) in [5, 5.41) is 62.6. The first-order valence-electron chi connectivity index (χ1n) is 23.0. The number of aliphatic hydroxyl groups is 5. The van der Waals surface area contributed by atoms with E-state index in [0.717, 1.165) is 0 Å². The number of likely N-dealkylation sites (N-methyl/N-ethyl adjacent to an activating group) is 1. The van der Waals surface area contributed by atoms with E-state index in [-0.39, 0.29) is 42.6 Å². The van der Waals surface area contributed by atoms with Crippen LogP contribution in [0.5, 0.6) is 0 Å². The largest absolute Gasteiger partial charge is 0.459 e. The molecule has 18 nitrogen and oxygen atoms in total. The number of ether oxygens (including phenoxy) is 6. The Morgan fingerprint density at radius 2 is 1.52 bits per heavy atom. The maximum absolute atomic E-state index is 14.5. The summed E-state index contributed by atoms with van der Waals surface area (Å²) in [6.45, 7) is 18.0. The van der Waals surface area contributed by atoms with Crippen LogP contribution in [0, 0.1) is 23.7 Å². The van der Waals surface area contributed by atoms with Crippen LogP contribution in [0.25, 0.3) is 0 Å². The van der Waals surface area contributed by atoms with Crippen LogP contribution in [-0.2, 0) is 48.0 Å². The smallest absolute Gasteiger partial charge is 0.311 e. The highest BCUT2D eigenvalue weighted by atomic mass is 32.2. The van der Waals surface area contributed by atoms with E-state index in [4.69, 9.17) is 28.4 Å². The molecule has 0 radical (unpaired) electrons. The van der Waals surface area contributed by atoms with Gasteiger partial charge in [0, 0.05) is 49.6 Å². The second-order valence-corrected chi connectivity index (χ2v) is 21.5. The first-order chi connectivity index (χ1) is 30.0. The van der Waals surface area contributed by atoms with Crippen molar-refractivity contribution < 1.29 is 72.0 Å². The quantitative estimate of drug-likeness (QED) is 0.149. The molecule has 3 heterocycles. The highest BCUT2D eigenvalue weighted by Crippen LogP contribution is 2.42. The van der Waals surface area contributed by atoms with Crippen molar-refractivity contribution in [3.8, 4) is 0 Å². The Morgan fingerprint density at radius 1 is 0.908 bits per heavy atom. The number of carbonyl (C=O) groups is 2. The van der Waals surface area contributed by atoms with Crippen LogP contribution in [0.1, 0.15) is 108 Å². The van der Waals surface area contributed by atoms with Gasteiger partial charge in [0.25, 0.3) is 0 Å². The molecule has 19 heteroatoms. The SMILES string of the molecule is CCC(=O)Nc1ccc(S(=O)(=O)N[C@@H]2[C@H](C)[C@@H](O)[C@](C)(O)C(CC)OC(=O)[C@H](C)C(O[C@H]3C[C@@](C)(OC)[C@@H](O)[C@H](C)O3)[C@H](C)[C@@H](O[C@@H]3O[C@H](C)C[C@H](N(C)C)[C@H]3O)[C@](C)(O)C[C@H]2C)cc1. The Bertz CT molecular complexity index is 1840. The number of carbonyl (C=O) groups excluding carboxylic acids is 2. The predicted octanol–water partition coefficient (Wildman–Crippen LogP) is 2.91. The van der Waals surface area contributed by atoms with Gasteiger partial charge in [-0.15, -0.1) is 0 Å². The molecule has 19 atom stereocenters. The van der Waals surface area contributed by atoms with Gasteiger partial charge in [0.15, 0.2) is 12.6 Å². The molecule has 3 saturated heterocycles. The summed E-state index contributed by atoms with van der Waals surface area (Å²) in [6, 6.07) is 3.99. The fraction of sp³-hybridized carbons (Fsp3) is 0.826. The van der Waals surface area contributed by atoms with Gasteiger partial charge in [-0.05, 0) is 105 Å². The van der Waals surface area contributed by atoms with Gasteiger partial charge < -0.3 is 64.2 Å². The van der Waals surface area contributed by atoms with E-state index < -0.39 is 124 Å². The van der Waals surface area contributed by atoms with Crippen molar-refractivity contribution in [2.45, 2.75) is 203 Å². The van der Waals surface area contributed by atoms with Crippen LogP contribution in [0.4, 0.5) is 5.69 Å². The third-order valence-corrected chi connectivity index (χ3v) is 15.6. The lowest BCUT2D eigenvalue weighted by Crippen LogP contribution is -2.62. The number of nitrogens with zero attached hydrogens (tertiary/aromatic N) is 1. The third kappa shape index (κ3) is 12.6. The molecule has 1 amide bonds. The van der Waals surface area contributed by atoms with Crippen LogP contribution in [0.15, 0.2) is 29.2 Å². The predicted molar refractivity (Wildman–Crippen MR) is 241 cm³/mol. The van der Waals surface area contributed by atoms with Crippen molar-refractivity contribution in [3.05, 3.63) is 24.3 Å². The molecular weight excluding hydrogens is 867 g/mol. The van der Waals surface area contributed by atoms with E-state index in [9.17, 15) is 43.5 Å². The van der Waals surface area contributed by atoms with Gasteiger partial charge in [0.1, 0.15) is 23.9 Å². The van der Waals surface area contributed by atoms with E-state index in [2.05, 4.69) is 10.0 Å². The number of amides is 1. The standard InChI is InChI=1S/C46H79N3O15S/c1-15-33-46(11,56)39(52)26(5)36(48-65(57,58)31-19-17-30(18-20-31)47-34(50)16-2)24(3)22-44(9,55)41(64-43-37(51)32(49(12)13)21-25(4)60-43)27(6)38(28(7)42(54)62-33)63-35-23-45(10,59-14)40(53)29(8)61-35/h17-20,24-29,32-33,35-41,43,48,51-53,55-56H,15-16,21-23H2,1-14H3,(H,47,50)/t24-,25-,26+,27+,28-,29+,32+,33?,35+,36+,37-,38?,39-,40+,41-,43+,44-,45-,46-/m1/s1. The maximum Gasteiger partial charge on any atom is 0.311 e. The number of rotatable bonds is 12. The summed E-state index contributed by atoms with van der Waals surface area (Å²) in [4.78, 5) is 28.2. The lowest BCUT2D eigenvalue weighted by molar-refractivity contribution is -0.318. The van der Waals surface area contributed by atoms with Gasteiger partial charge in [0.05, 0.1) is 52.5 Å². The minimum Gasteiger partial charge on any atom is -0.459 e. The number of hydrogen-bond donors (Lipinski definition) is 7. The molecule has 0 aliphatic carbocycles. The van der Waals surface area contributed by atoms with E-state index in [1.54, 1.807) is 55.4 Å². The monoisotopic (exact) mass is 946 g/mol. The number of nitrogens with one attached hydrogen (secondary N) is 2. The minimum atomic E-state index is -4.38. The summed E-state index contributed by atoms with van der Waals surface area (Å²) in [5.41, 5.74) is -4.77. The number of sulfonamides is 1. The highest BCUT2D eigenvalue weighted by Gasteiger charge is 2.54. The highest BCUT2D eigenvalue weighted by molar-refractivity contribution is 7.89. The fourth-order valence-electron chi connectivity index (χ4n) is 10.0. The van der Waals surface area contributed by atoms with Crippen molar-refractivity contribution in [2.24, 2.45) is 23.7 Å². The molecule has 4 rings (SSSR count). The average Bonchev–Trinajstić information content (AvgIpc) is 3.23. The molecule has 3 fully saturated rings. The van der Waals surface area contributed by atoms with Crippen LogP contribution in [0.3, 0.4) is 0 Å². The third-order valence-electron chi connectivity index (χ3n) is 14.2. The summed E-state index contributed by atoms with van der Waals surface area (Å²) in [5.74, 6) is -5.05. The molecule has 1 aromatic carbocycles. The zero-order valence-electron chi connectivity index (χ0n) is 40.8. The summed E-state index contributed by atoms with van der Waals surface area (Å²) in [6.07, 6.45) is -10.6. The van der Waals surface area contributed by atoms with Crippen LogP contribution in [-0.4, -0.2) is 162 Å². The number of hydrogen-bond acceptors (Lipinski definition) is 16. The summed E-state index contributed by atoms with van der Waals surface area (Å²) < 4.78 is 69.0. The van der Waals surface area contributed by atoms with Gasteiger partial charge >= 0.3 is 5.97 Å². The molecule has 3 aliphatic heterocycles.